The summed E-state index contributed by atoms with van der Waals surface area (Å²) in [6.07, 6.45) is -0.662. The van der Waals surface area contributed by atoms with E-state index in [1.807, 2.05) is 37.3 Å². The van der Waals surface area contributed by atoms with Gasteiger partial charge in [0.2, 0.25) is 0 Å². The van der Waals surface area contributed by atoms with E-state index < -0.39 is 6.10 Å². The molecule has 26 heavy (non-hydrogen) atoms. The normalized spacial score (nSPS) is 21.0. The maximum absolute atomic E-state index is 10.3. The van der Waals surface area contributed by atoms with Crippen LogP contribution in [0.3, 0.4) is 0 Å². The Hall–Kier alpha value is -1.59. The highest BCUT2D eigenvalue weighted by Crippen LogP contribution is 2.46. The summed E-state index contributed by atoms with van der Waals surface area (Å²) in [6.45, 7) is 15.5. The van der Waals surface area contributed by atoms with Crippen LogP contribution < -0.4 is 5.32 Å². The van der Waals surface area contributed by atoms with Gasteiger partial charge in [-0.3, -0.25) is 4.99 Å². The van der Waals surface area contributed by atoms with Crippen LogP contribution in [0.5, 0.6) is 0 Å². The quantitative estimate of drug-likeness (QED) is 0.578. The molecule has 0 aliphatic carbocycles. The number of rotatable bonds is 7. The molecule has 1 aliphatic rings. The van der Waals surface area contributed by atoms with Gasteiger partial charge >= 0.3 is 0 Å². The molecule has 1 aromatic carbocycles. The number of aliphatic imine (C=N–C) groups is 1. The highest BCUT2D eigenvalue weighted by atomic mass is 16.5. The molecular weight excluding hydrogens is 326 g/mol. The van der Waals surface area contributed by atoms with E-state index in [2.05, 4.69) is 49.8 Å². The summed E-state index contributed by atoms with van der Waals surface area (Å²) in [5, 5.41) is 13.6. The summed E-state index contributed by atoms with van der Waals surface area (Å²) in [5.41, 5.74) is 1.40. The first kappa shape index (κ1) is 20.7. The lowest BCUT2D eigenvalue weighted by molar-refractivity contribution is -0.0670. The van der Waals surface area contributed by atoms with Crippen molar-refractivity contribution in [2.24, 2.45) is 10.4 Å². The van der Waals surface area contributed by atoms with Crippen LogP contribution >= 0.6 is 0 Å². The van der Waals surface area contributed by atoms with Gasteiger partial charge in [-0.1, -0.05) is 44.2 Å². The van der Waals surface area contributed by atoms with Crippen LogP contribution in [0.4, 0.5) is 0 Å². The van der Waals surface area contributed by atoms with Crippen molar-refractivity contribution in [2.75, 3.05) is 26.2 Å². The highest BCUT2D eigenvalue weighted by molar-refractivity contribution is 5.82. The van der Waals surface area contributed by atoms with E-state index in [0.717, 1.165) is 24.6 Å². The second kappa shape index (κ2) is 8.40. The van der Waals surface area contributed by atoms with Crippen LogP contribution in [0, 0.1) is 5.41 Å². The molecule has 2 unspecified atom stereocenters. The predicted octanol–water partition coefficient (Wildman–Crippen LogP) is 3.21. The number of nitrogens with zero attached hydrogens (tertiary/aromatic N) is 2. The first-order valence-electron chi connectivity index (χ1n) is 9.59. The number of aliphatic hydroxyl groups excluding tert-OH is 1. The van der Waals surface area contributed by atoms with Crippen LogP contribution in [-0.2, 0) is 4.74 Å². The van der Waals surface area contributed by atoms with E-state index in [1.54, 1.807) is 0 Å². The van der Waals surface area contributed by atoms with Gasteiger partial charge in [0.1, 0.15) is 0 Å². The molecule has 2 rings (SSSR count). The van der Waals surface area contributed by atoms with E-state index in [1.165, 1.54) is 0 Å². The average Bonchev–Trinajstić information content (AvgIpc) is 2.62. The minimum atomic E-state index is -0.618. The summed E-state index contributed by atoms with van der Waals surface area (Å²) in [4.78, 5) is 6.94. The second-order valence-corrected chi connectivity index (χ2v) is 8.26. The minimum absolute atomic E-state index is 0.0390. The molecule has 1 aromatic rings. The predicted molar refractivity (Wildman–Crippen MR) is 107 cm³/mol. The van der Waals surface area contributed by atoms with Gasteiger partial charge in [0, 0.05) is 24.0 Å². The monoisotopic (exact) mass is 361 g/mol. The molecule has 146 valence electrons. The molecule has 1 heterocycles. The fourth-order valence-electron chi connectivity index (χ4n) is 3.12. The van der Waals surface area contributed by atoms with Gasteiger partial charge in [0.05, 0.1) is 25.4 Å². The largest absolute Gasteiger partial charge is 0.389 e. The molecule has 1 fully saturated rings. The number of hydrogen-bond acceptors (Lipinski definition) is 3. The zero-order chi connectivity index (χ0) is 19.4. The second-order valence-electron chi connectivity index (χ2n) is 8.26. The molecule has 0 spiro atoms. The number of guanidine groups is 1. The number of hydrogen-bond donors (Lipinski definition) is 2. The van der Waals surface area contributed by atoms with Crippen molar-refractivity contribution in [3.63, 3.8) is 0 Å². The number of ether oxygens (including phenoxy) is 1. The summed E-state index contributed by atoms with van der Waals surface area (Å²) >= 11 is 0. The molecule has 0 bridgehead atoms. The summed E-state index contributed by atoms with van der Waals surface area (Å²) < 4.78 is 5.80. The van der Waals surface area contributed by atoms with Gasteiger partial charge in [0.25, 0.3) is 0 Å². The zero-order valence-electron chi connectivity index (χ0n) is 17.1. The Morgan fingerprint density at radius 3 is 2.46 bits per heavy atom. The SMILES string of the molecule is CCNC(=NCC(O)COC(C)c1ccccc1)N1CC(C)(C)C1(C)C. The van der Waals surface area contributed by atoms with Gasteiger partial charge in [-0.15, -0.1) is 0 Å². The lowest BCUT2D eigenvalue weighted by Gasteiger charge is -2.62. The molecule has 0 saturated carbocycles. The van der Waals surface area contributed by atoms with E-state index in [0.29, 0.717) is 6.54 Å². The Labute approximate surface area is 158 Å². The van der Waals surface area contributed by atoms with Crippen LogP contribution in [0.25, 0.3) is 0 Å². The minimum Gasteiger partial charge on any atom is -0.389 e. The molecule has 5 nitrogen and oxygen atoms in total. The average molecular weight is 362 g/mol. The van der Waals surface area contributed by atoms with Crippen LogP contribution in [0.1, 0.15) is 53.2 Å². The first-order valence-corrected chi connectivity index (χ1v) is 9.59. The Balaban J connectivity index is 1.89. The molecule has 0 amide bonds. The van der Waals surface area contributed by atoms with Crippen molar-refractivity contribution >= 4 is 5.96 Å². The van der Waals surface area contributed by atoms with E-state index >= 15 is 0 Å². The molecule has 1 saturated heterocycles. The van der Waals surface area contributed by atoms with Crippen LogP contribution in [0.2, 0.25) is 0 Å². The van der Waals surface area contributed by atoms with Crippen LogP contribution in [-0.4, -0.2) is 53.9 Å². The van der Waals surface area contributed by atoms with Gasteiger partial charge in [0.15, 0.2) is 5.96 Å². The first-order chi connectivity index (χ1) is 12.2. The molecule has 5 heteroatoms. The summed E-state index contributed by atoms with van der Waals surface area (Å²) in [5.74, 6) is 0.868. The lowest BCUT2D eigenvalue weighted by atomic mass is 9.65. The maximum atomic E-state index is 10.3. The van der Waals surface area contributed by atoms with Gasteiger partial charge in [-0.2, -0.15) is 0 Å². The van der Waals surface area contributed by atoms with Crippen molar-refractivity contribution in [3.05, 3.63) is 35.9 Å². The number of aliphatic hydroxyl groups is 1. The molecule has 0 radical (unpaired) electrons. The topological polar surface area (TPSA) is 57.1 Å². The highest BCUT2D eigenvalue weighted by Gasteiger charge is 2.53. The van der Waals surface area contributed by atoms with Gasteiger partial charge in [-0.25, -0.2) is 0 Å². The standard InChI is InChI=1S/C21H35N3O2/c1-7-22-19(24-15-20(3,4)21(24,5)6)23-13-18(25)14-26-16(2)17-11-9-8-10-12-17/h8-12,16,18,25H,7,13-15H2,1-6H3,(H,22,23). The molecule has 2 N–H and O–H groups in total. The van der Waals surface area contributed by atoms with Crippen LogP contribution in [0.15, 0.2) is 35.3 Å². The number of likely N-dealkylation sites (tertiary alicyclic amines) is 1. The van der Waals surface area contributed by atoms with Crippen molar-refractivity contribution < 1.29 is 9.84 Å². The molecule has 1 aliphatic heterocycles. The Morgan fingerprint density at radius 1 is 1.27 bits per heavy atom. The number of benzene rings is 1. The molecule has 0 aromatic heterocycles. The third-order valence-corrected chi connectivity index (χ3v) is 5.73. The van der Waals surface area contributed by atoms with Crippen molar-refractivity contribution in [2.45, 2.75) is 59.3 Å². The van der Waals surface area contributed by atoms with Gasteiger partial charge < -0.3 is 20.1 Å². The Morgan fingerprint density at radius 2 is 1.92 bits per heavy atom. The fraction of sp³-hybridized carbons (Fsp3) is 0.667. The third kappa shape index (κ3) is 4.57. The van der Waals surface area contributed by atoms with Gasteiger partial charge in [-0.05, 0) is 33.3 Å². The molecule has 2 atom stereocenters. The van der Waals surface area contributed by atoms with Crippen molar-refractivity contribution in [1.29, 1.82) is 0 Å². The Bertz CT molecular complexity index is 599. The smallest absolute Gasteiger partial charge is 0.194 e. The zero-order valence-corrected chi connectivity index (χ0v) is 17.1. The summed E-state index contributed by atoms with van der Waals surface area (Å²) in [6, 6.07) is 10.0. The van der Waals surface area contributed by atoms with E-state index in [4.69, 9.17) is 4.74 Å². The Kier molecular flexibility index (Phi) is 6.69. The maximum Gasteiger partial charge on any atom is 0.194 e. The summed E-state index contributed by atoms with van der Waals surface area (Å²) in [7, 11) is 0. The van der Waals surface area contributed by atoms with Crippen molar-refractivity contribution in [1.82, 2.24) is 10.2 Å². The number of nitrogens with one attached hydrogen (secondary N) is 1. The van der Waals surface area contributed by atoms with E-state index in [-0.39, 0.29) is 23.7 Å². The van der Waals surface area contributed by atoms with E-state index in [9.17, 15) is 5.11 Å². The lowest BCUT2D eigenvalue weighted by Crippen LogP contribution is -2.72. The van der Waals surface area contributed by atoms with Crippen molar-refractivity contribution in [3.8, 4) is 0 Å². The fourth-order valence-corrected chi connectivity index (χ4v) is 3.12. The third-order valence-electron chi connectivity index (χ3n) is 5.73. The molecular formula is C21H35N3O2.